The van der Waals surface area contributed by atoms with Crippen LogP contribution in [0.3, 0.4) is 0 Å². The third kappa shape index (κ3) is 3.72. The lowest BCUT2D eigenvalue weighted by molar-refractivity contribution is 0.778. The molecule has 14 heavy (non-hydrogen) atoms. The Kier molecular flexibility index (Phi) is 5.05. The summed E-state index contributed by atoms with van der Waals surface area (Å²) in [5.41, 5.74) is 2.77. The standard InChI is InChI=1S/C12H19NS/c1-10-5-6-12(9-11(10)2)14-8-4-7-13-3/h5-6,9,13H,4,7-8H2,1-3H3. The van der Waals surface area contributed by atoms with Crippen LogP contribution in [0.15, 0.2) is 23.1 Å². The van der Waals surface area contributed by atoms with E-state index in [1.54, 1.807) is 0 Å². The zero-order chi connectivity index (χ0) is 10.4. The van der Waals surface area contributed by atoms with Gasteiger partial charge < -0.3 is 5.32 Å². The lowest BCUT2D eigenvalue weighted by Gasteiger charge is -2.04. The molecule has 0 amide bonds. The highest BCUT2D eigenvalue weighted by Crippen LogP contribution is 2.21. The SMILES string of the molecule is CNCCCSc1ccc(C)c(C)c1. The minimum absolute atomic E-state index is 1.11. The molecule has 1 nitrogen and oxygen atoms in total. The van der Waals surface area contributed by atoms with Crippen molar-refractivity contribution in [2.45, 2.75) is 25.2 Å². The van der Waals surface area contributed by atoms with E-state index in [1.807, 2.05) is 18.8 Å². The van der Waals surface area contributed by atoms with E-state index in [4.69, 9.17) is 0 Å². The smallest absolute Gasteiger partial charge is 0.00747 e. The van der Waals surface area contributed by atoms with Gasteiger partial charge in [0.25, 0.3) is 0 Å². The predicted molar refractivity (Wildman–Crippen MR) is 65.2 cm³/mol. The van der Waals surface area contributed by atoms with Crippen molar-refractivity contribution in [1.82, 2.24) is 5.32 Å². The maximum absolute atomic E-state index is 3.16. The van der Waals surface area contributed by atoms with E-state index in [9.17, 15) is 0 Å². The first-order valence-corrected chi connectivity index (χ1v) is 6.07. The molecular weight excluding hydrogens is 190 g/mol. The molecule has 0 fully saturated rings. The third-order valence-corrected chi connectivity index (χ3v) is 3.40. The average Bonchev–Trinajstić information content (AvgIpc) is 2.18. The minimum atomic E-state index is 1.11. The summed E-state index contributed by atoms with van der Waals surface area (Å²) in [6, 6.07) is 6.70. The molecule has 0 aromatic heterocycles. The van der Waals surface area contributed by atoms with Gasteiger partial charge in [-0.05, 0) is 62.9 Å². The molecule has 78 valence electrons. The van der Waals surface area contributed by atoms with Crippen LogP contribution in [-0.2, 0) is 0 Å². The van der Waals surface area contributed by atoms with E-state index in [1.165, 1.54) is 28.2 Å². The molecule has 2 heteroatoms. The van der Waals surface area contributed by atoms with Crippen LogP contribution >= 0.6 is 11.8 Å². The highest BCUT2D eigenvalue weighted by Gasteiger charge is 1.96. The van der Waals surface area contributed by atoms with Gasteiger partial charge in [0, 0.05) is 4.90 Å². The Bertz CT molecular complexity index is 284. The van der Waals surface area contributed by atoms with Crippen molar-refractivity contribution in [3.63, 3.8) is 0 Å². The largest absolute Gasteiger partial charge is 0.320 e. The van der Waals surface area contributed by atoms with Gasteiger partial charge in [0.2, 0.25) is 0 Å². The van der Waals surface area contributed by atoms with Crippen molar-refractivity contribution in [2.75, 3.05) is 19.3 Å². The molecule has 0 heterocycles. The van der Waals surface area contributed by atoms with Gasteiger partial charge in [-0.3, -0.25) is 0 Å². The summed E-state index contributed by atoms with van der Waals surface area (Å²) in [5.74, 6) is 1.20. The molecule has 0 saturated heterocycles. The molecule has 1 aromatic rings. The minimum Gasteiger partial charge on any atom is -0.320 e. The van der Waals surface area contributed by atoms with Crippen molar-refractivity contribution >= 4 is 11.8 Å². The van der Waals surface area contributed by atoms with Crippen LogP contribution < -0.4 is 5.32 Å². The molecule has 0 spiro atoms. The summed E-state index contributed by atoms with van der Waals surface area (Å²) in [7, 11) is 2.00. The van der Waals surface area contributed by atoms with Crippen molar-refractivity contribution in [1.29, 1.82) is 0 Å². The molecule has 0 aliphatic rings. The predicted octanol–water partition coefficient (Wildman–Crippen LogP) is 3.01. The summed E-state index contributed by atoms with van der Waals surface area (Å²) in [6.07, 6.45) is 1.23. The van der Waals surface area contributed by atoms with E-state index in [2.05, 4.69) is 37.4 Å². The van der Waals surface area contributed by atoms with Crippen molar-refractivity contribution in [3.8, 4) is 0 Å². The van der Waals surface area contributed by atoms with E-state index in [0.717, 1.165) is 6.54 Å². The second-order valence-electron chi connectivity index (χ2n) is 3.55. The van der Waals surface area contributed by atoms with Crippen LogP contribution in [0.25, 0.3) is 0 Å². The summed E-state index contributed by atoms with van der Waals surface area (Å²) in [6.45, 7) is 5.44. The fraction of sp³-hybridized carbons (Fsp3) is 0.500. The molecular formula is C12H19NS. The van der Waals surface area contributed by atoms with Gasteiger partial charge in [0.15, 0.2) is 0 Å². The normalized spacial score (nSPS) is 10.5. The number of hydrogen-bond donors (Lipinski definition) is 1. The lowest BCUT2D eigenvalue weighted by Crippen LogP contribution is -2.07. The molecule has 0 aliphatic heterocycles. The second-order valence-corrected chi connectivity index (χ2v) is 4.72. The topological polar surface area (TPSA) is 12.0 Å². The fourth-order valence-electron chi connectivity index (χ4n) is 1.24. The van der Waals surface area contributed by atoms with Gasteiger partial charge in [-0.25, -0.2) is 0 Å². The van der Waals surface area contributed by atoms with Crippen molar-refractivity contribution in [3.05, 3.63) is 29.3 Å². The van der Waals surface area contributed by atoms with Crippen LogP contribution in [-0.4, -0.2) is 19.3 Å². The van der Waals surface area contributed by atoms with Gasteiger partial charge in [-0.1, -0.05) is 6.07 Å². The molecule has 1 aromatic carbocycles. The Hall–Kier alpha value is -0.470. The van der Waals surface area contributed by atoms with E-state index < -0.39 is 0 Å². The first-order chi connectivity index (χ1) is 6.74. The van der Waals surface area contributed by atoms with Crippen LogP contribution in [0, 0.1) is 13.8 Å². The Labute approximate surface area is 91.3 Å². The Balaban J connectivity index is 2.39. The first kappa shape index (κ1) is 11.6. The number of rotatable bonds is 5. The van der Waals surface area contributed by atoms with Crippen LogP contribution in [0.1, 0.15) is 17.5 Å². The van der Waals surface area contributed by atoms with Gasteiger partial charge in [0.05, 0.1) is 0 Å². The van der Waals surface area contributed by atoms with E-state index in [-0.39, 0.29) is 0 Å². The molecule has 0 unspecified atom stereocenters. The summed E-state index contributed by atoms with van der Waals surface area (Å²) in [5, 5.41) is 3.16. The van der Waals surface area contributed by atoms with E-state index in [0.29, 0.717) is 0 Å². The molecule has 0 radical (unpaired) electrons. The molecule has 1 N–H and O–H groups in total. The molecule has 0 atom stereocenters. The summed E-state index contributed by atoms with van der Waals surface area (Å²) in [4.78, 5) is 1.39. The monoisotopic (exact) mass is 209 g/mol. The molecule has 0 saturated carbocycles. The van der Waals surface area contributed by atoms with Gasteiger partial charge in [-0.15, -0.1) is 11.8 Å². The molecule has 0 aliphatic carbocycles. The van der Waals surface area contributed by atoms with Crippen molar-refractivity contribution in [2.24, 2.45) is 0 Å². The zero-order valence-electron chi connectivity index (χ0n) is 9.26. The van der Waals surface area contributed by atoms with Crippen LogP contribution in [0.2, 0.25) is 0 Å². The van der Waals surface area contributed by atoms with Crippen LogP contribution in [0.5, 0.6) is 0 Å². The first-order valence-electron chi connectivity index (χ1n) is 5.08. The summed E-state index contributed by atoms with van der Waals surface area (Å²) < 4.78 is 0. The highest BCUT2D eigenvalue weighted by atomic mass is 32.2. The van der Waals surface area contributed by atoms with Gasteiger partial charge >= 0.3 is 0 Å². The van der Waals surface area contributed by atoms with Gasteiger partial charge in [-0.2, -0.15) is 0 Å². The maximum Gasteiger partial charge on any atom is 0.00747 e. The fourth-order valence-corrected chi connectivity index (χ4v) is 2.19. The summed E-state index contributed by atoms with van der Waals surface area (Å²) >= 11 is 1.94. The lowest BCUT2D eigenvalue weighted by atomic mass is 10.1. The van der Waals surface area contributed by atoms with Crippen LogP contribution in [0.4, 0.5) is 0 Å². The number of thioether (sulfide) groups is 1. The highest BCUT2D eigenvalue weighted by molar-refractivity contribution is 7.99. The number of benzene rings is 1. The van der Waals surface area contributed by atoms with Crippen molar-refractivity contribution < 1.29 is 0 Å². The average molecular weight is 209 g/mol. The van der Waals surface area contributed by atoms with Gasteiger partial charge in [0.1, 0.15) is 0 Å². The Morgan fingerprint density at radius 1 is 1.21 bits per heavy atom. The molecule has 1 rings (SSSR count). The number of nitrogens with one attached hydrogen (secondary N) is 1. The Morgan fingerprint density at radius 3 is 2.64 bits per heavy atom. The number of hydrogen-bond acceptors (Lipinski definition) is 2. The van der Waals surface area contributed by atoms with E-state index >= 15 is 0 Å². The Morgan fingerprint density at radius 2 is 2.00 bits per heavy atom. The second kappa shape index (κ2) is 6.10. The third-order valence-electron chi connectivity index (χ3n) is 2.32. The number of aryl methyl sites for hydroxylation is 2. The maximum atomic E-state index is 3.16. The zero-order valence-corrected chi connectivity index (χ0v) is 10.1. The quantitative estimate of drug-likeness (QED) is 0.591. The molecule has 0 bridgehead atoms.